The number of aliphatic hydroxyl groups is 2. The fraction of sp³-hybridized carbons (Fsp3) is 0.226. The van der Waals surface area contributed by atoms with Crippen molar-refractivity contribution in [1.29, 1.82) is 0 Å². The highest BCUT2D eigenvalue weighted by molar-refractivity contribution is 5.64. The number of aliphatic hydroxyl groups excluding tert-OH is 2. The van der Waals surface area contributed by atoms with Crippen molar-refractivity contribution in [2.45, 2.75) is 19.3 Å². The first kappa shape index (κ1) is 24.5. The maximum atomic E-state index is 9.18. The van der Waals surface area contributed by atoms with Gasteiger partial charge in [-0.1, -0.05) is 72.8 Å². The Hall–Kier alpha value is -3.60. The van der Waals surface area contributed by atoms with Gasteiger partial charge in [0.2, 0.25) is 0 Å². The first-order valence-electron chi connectivity index (χ1n) is 11.9. The third kappa shape index (κ3) is 4.95. The normalized spacial score (nSPS) is 11.3. The molecule has 0 aromatic heterocycles. The second kappa shape index (κ2) is 11.2. The standard InChI is InChI=1S/C31H32O4/c1-23-21-27(34-19-17-32)13-15-29(23)31(25-9-5-3-6-10-25,26-11-7-4-8-12-26)30-16-14-28(22-24(30)2)35-20-18-33/h3-16,21-22,32-33H,17-20H2,1-2H3. The first-order chi connectivity index (χ1) is 17.1. The van der Waals surface area contributed by atoms with Crippen LogP contribution >= 0.6 is 0 Å². The Morgan fingerprint density at radius 1 is 0.571 bits per heavy atom. The summed E-state index contributed by atoms with van der Waals surface area (Å²) in [5.74, 6) is 1.47. The molecule has 0 saturated heterocycles. The minimum absolute atomic E-state index is 0.0251. The van der Waals surface area contributed by atoms with Crippen LogP contribution in [0, 0.1) is 13.8 Å². The van der Waals surface area contributed by atoms with Gasteiger partial charge in [0.05, 0.1) is 18.6 Å². The van der Waals surface area contributed by atoms with Gasteiger partial charge in [-0.3, -0.25) is 0 Å². The Morgan fingerprint density at radius 3 is 1.31 bits per heavy atom. The van der Waals surface area contributed by atoms with Crippen molar-refractivity contribution in [3.05, 3.63) is 130 Å². The Morgan fingerprint density at radius 2 is 0.971 bits per heavy atom. The van der Waals surface area contributed by atoms with Crippen LogP contribution in [-0.4, -0.2) is 36.6 Å². The first-order valence-corrected chi connectivity index (χ1v) is 11.9. The van der Waals surface area contributed by atoms with E-state index in [0.29, 0.717) is 0 Å². The minimum Gasteiger partial charge on any atom is -0.491 e. The predicted molar refractivity (Wildman–Crippen MR) is 139 cm³/mol. The summed E-state index contributed by atoms with van der Waals surface area (Å²) in [4.78, 5) is 0. The molecule has 0 aliphatic carbocycles. The second-order valence-electron chi connectivity index (χ2n) is 8.58. The monoisotopic (exact) mass is 468 g/mol. The molecule has 0 unspecified atom stereocenters. The van der Waals surface area contributed by atoms with Gasteiger partial charge in [-0.25, -0.2) is 0 Å². The highest BCUT2D eigenvalue weighted by Crippen LogP contribution is 2.48. The number of ether oxygens (including phenoxy) is 2. The average molecular weight is 469 g/mol. The lowest BCUT2D eigenvalue weighted by atomic mass is 9.63. The largest absolute Gasteiger partial charge is 0.491 e. The third-order valence-corrected chi connectivity index (χ3v) is 6.34. The van der Waals surface area contributed by atoms with Gasteiger partial charge in [-0.15, -0.1) is 0 Å². The molecule has 0 aliphatic rings. The molecule has 0 fully saturated rings. The molecule has 4 rings (SSSR count). The van der Waals surface area contributed by atoms with Crippen molar-refractivity contribution in [1.82, 2.24) is 0 Å². The SMILES string of the molecule is Cc1cc(OCCO)ccc1C(c1ccccc1)(c1ccccc1)c1ccc(OCCO)cc1C. The summed E-state index contributed by atoms with van der Waals surface area (Å²) in [5, 5.41) is 18.4. The molecule has 0 atom stereocenters. The molecule has 0 aliphatic heterocycles. The lowest BCUT2D eigenvalue weighted by molar-refractivity contribution is 0.201. The van der Waals surface area contributed by atoms with E-state index in [1.54, 1.807) is 0 Å². The molecular formula is C31H32O4. The summed E-state index contributed by atoms with van der Waals surface area (Å²) in [5.41, 5.74) is 6.22. The fourth-order valence-electron chi connectivity index (χ4n) is 4.93. The molecule has 0 bridgehead atoms. The van der Waals surface area contributed by atoms with Crippen molar-refractivity contribution in [3.63, 3.8) is 0 Å². The van der Waals surface area contributed by atoms with E-state index >= 15 is 0 Å². The van der Waals surface area contributed by atoms with Crippen molar-refractivity contribution in [3.8, 4) is 11.5 Å². The van der Waals surface area contributed by atoms with E-state index < -0.39 is 5.41 Å². The highest BCUT2D eigenvalue weighted by atomic mass is 16.5. The highest BCUT2D eigenvalue weighted by Gasteiger charge is 2.40. The van der Waals surface area contributed by atoms with Gasteiger partial charge in [-0.05, 0) is 71.5 Å². The zero-order chi connectivity index (χ0) is 24.7. The topological polar surface area (TPSA) is 58.9 Å². The van der Waals surface area contributed by atoms with E-state index in [9.17, 15) is 10.2 Å². The van der Waals surface area contributed by atoms with Gasteiger partial charge in [0.1, 0.15) is 24.7 Å². The number of hydrogen-bond donors (Lipinski definition) is 2. The number of hydrogen-bond acceptors (Lipinski definition) is 4. The number of rotatable bonds is 10. The van der Waals surface area contributed by atoms with Crippen LogP contribution < -0.4 is 9.47 Å². The smallest absolute Gasteiger partial charge is 0.119 e. The maximum Gasteiger partial charge on any atom is 0.119 e. The van der Waals surface area contributed by atoms with E-state index in [0.717, 1.165) is 44.9 Å². The summed E-state index contributed by atoms with van der Waals surface area (Å²) in [6, 6.07) is 33.4. The molecule has 0 amide bonds. The number of aryl methyl sites for hydroxylation is 2. The quantitative estimate of drug-likeness (QED) is 0.305. The number of benzene rings is 4. The molecule has 4 aromatic rings. The van der Waals surface area contributed by atoms with Gasteiger partial charge < -0.3 is 19.7 Å². The minimum atomic E-state index is -0.582. The fourth-order valence-corrected chi connectivity index (χ4v) is 4.93. The van der Waals surface area contributed by atoms with Crippen LogP contribution in [0.15, 0.2) is 97.1 Å². The van der Waals surface area contributed by atoms with Gasteiger partial charge >= 0.3 is 0 Å². The Balaban J connectivity index is 2.02. The Labute approximate surface area is 207 Å². The van der Waals surface area contributed by atoms with Crippen LogP contribution in [0.5, 0.6) is 11.5 Å². The van der Waals surface area contributed by atoms with Gasteiger partial charge in [-0.2, -0.15) is 0 Å². The van der Waals surface area contributed by atoms with Crippen LogP contribution in [0.1, 0.15) is 33.4 Å². The molecule has 4 nitrogen and oxygen atoms in total. The third-order valence-electron chi connectivity index (χ3n) is 6.34. The van der Waals surface area contributed by atoms with E-state index in [1.807, 2.05) is 36.4 Å². The Kier molecular flexibility index (Phi) is 7.86. The summed E-state index contributed by atoms with van der Waals surface area (Å²) >= 11 is 0. The summed E-state index contributed by atoms with van der Waals surface area (Å²) in [6.45, 7) is 4.68. The van der Waals surface area contributed by atoms with Crippen LogP contribution in [-0.2, 0) is 5.41 Å². The van der Waals surface area contributed by atoms with Crippen LogP contribution in [0.2, 0.25) is 0 Å². The maximum absolute atomic E-state index is 9.18. The van der Waals surface area contributed by atoms with Gasteiger partial charge in [0, 0.05) is 0 Å². The van der Waals surface area contributed by atoms with Crippen LogP contribution in [0.4, 0.5) is 0 Å². The molecule has 180 valence electrons. The molecule has 0 radical (unpaired) electrons. The van der Waals surface area contributed by atoms with Gasteiger partial charge in [0.25, 0.3) is 0 Å². The van der Waals surface area contributed by atoms with E-state index in [2.05, 4.69) is 74.5 Å². The molecular weight excluding hydrogens is 436 g/mol. The van der Waals surface area contributed by atoms with Crippen molar-refractivity contribution < 1.29 is 19.7 Å². The molecule has 0 saturated carbocycles. The Bertz CT molecular complexity index is 1140. The van der Waals surface area contributed by atoms with Crippen LogP contribution in [0.3, 0.4) is 0 Å². The molecule has 2 N–H and O–H groups in total. The predicted octanol–water partition coefficient (Wildman–Crippen LogP) is 5.43. The van der Waals surface area contributed by atoms with E-state index in [4.69, 9.17) is 9.47 Å². The van der Waals surface area contributed by atoms with E-state index in [1.165, 1.54) is 0 Å². The average Bonchev–Trinajstić information content (AvgIpc) is 2.89. The lowest BCUT2D eigenvalue weighted by Gasteiger charge is -2.39. The van der Waals surface area contributed by atoms with Crippen molar-refractivity contribution in [2.24, 2.45) is 0 Å². The summed E-state index contributed by atoms with van der Waals surface area (Å²) in [7, 11) is 0. The van der Waals surface area contributed by atoms with E-state index in [-0.39, 0.29) is 26.4 Å². The van der Waals surface area contributed by atoms with Crippen molar-refractivity contribution >= 4 is 0 Å². The van der Waals surface area contributed by atoms with Crippen molar-refractivity contribution in [2.75, 3.05) is 26.4 Å². The molecule has 0 spiro atoms. The second-order valence-corrected chi connectivity index (χ2v) is 8.58. The molecule has 0 heterocycles. The lowest BCUT2D eigenvalue weighted by Crippen LogP contribution is -2.32. The zero-order valence-electron chi connectivity index (χ0n) is 20.3. The zero-order valence-corrected chi connectivity index (χ0v) is 20.3. The summed E-state index contributed by atoms with van der Waals surface area (Å²) in [6.07, 6.45) is 0. The molecule has 4 aromatic carbocycles. The molecule has 35 heavy (non-hydrogen) atoms. The molecule has 4 heteroatoms. The van der Waals surface area contributed by atoms with Crippen LogP contribution in [0.25, 0.3) is 0 Å². The van der Waals surface area contributed by atoms with Gasteiger partial charge in [0.15, 0.2) is 0 Å². The summed E-state index contributed by atoms with van der Waals surface area (Å²) < 4.78 is 11.4.